The summed E-state index contributed by atoms with van der Waals surface area (Å²) in [5, 5.41) is 0. The smallest absolute Gasteiger partial charge is 0.457 e. The summed E-state index contributed by atoms with van der Waals surface area (Å²) in [7, 11) is 1.62. The number of hydrogen-bond acceptors (Lipinski definition) is 6. The summed E-state index contributed by atoms with van der Waals surface area (Å²) in [5.41, 5.74) is 0. The molecule has 0 aliphatic heterocycles. The van der Waals surface area contributed by atoms with Crippen LogP contribution >= 0.6 is 7.82 Å². The number of allylic oxidation sites excluding steroid dienone is 14. The van der Waals surface area contributed by atoms with E-state index in [2.05, 4.69) is 98.9 Å². The van der Waals surface area contributed by atoms with Gasteiger partial charge in [-0.1, -0.05) is 163 Å². The first-order valence-electron chi connectivity index (χ1n) is 23.3. The number of nitrogens with zero attached hydrogens (tertiary/aromatic N) is 1. The van der Waals surface area contributed by atoms with E-state index in [0.717, 1.165) is 57.8 Å². The minimum atomic E-state index is -4.30. The highest BCUT2D eigenvalue weighted by Gasteiger charge is 2.26. The van der Waals surface area contributed by atoms with Crippen molar-refractivity contribution in [3.63, 3.8) is 0 Å². The molecule has 8 nitrogen and oxygen atoms in total. The number of carbonyl (C=O) groups is 1. The summed E-state index contributed by atoms with van der Waals surface area (Å²) in [6, 6.07) is 0. The first-order valence-corrected chi connectivity index (χ1v) is 24.8. The lowest BCUT2D eigenvalue weighted by atomic mass is 10.1. The van der Waals surface area contributed by atoms with Gasteiger partial charge < -0.3 is 18.9 Å². The molecule has 0 amide bonds. The first kappa shape index (κ1) is 56.7. The van der Waals surface area contributed by atoms with Gasteiger partial charge in [0.2, 0.25) is 0 Å². The summed E-state index contributed by atoms with van der Waals surface area (Å²) >= 11 is 0. The van der Waals surface area contributed by atoms with Gasteiger partial charge in [0, 0.05) is 13.0 Å². The van der Waals surface area contributed by atoms with Gasteiger partial charge in [-0.3, -0.25) is 13.8 Å². The van der Waals surface area contributed by atoms with E-state index in [1.54, 1.807) is 0 Å². The fourth-order valence-electron chi connectivity index (χ4n) is 5.85. The minimum Gasteiger partial charge on any atom is -0.457 e. The molecule has 0 saturated heterocycles. The van der Waals surface area contributed by atoms with Crippen LogP contribution in [0.5, 0.6) is 0 Å². The Morgan fingerprint density at radius 2 is 0.983 bits per heavy atom. The summed E-state index contributed by atoms with van der Waals surface area (Å²) in [4.78, 5) is 22.9. The molecule has 1 N–H and O–H groups in total. The maximum Gasteiger partial charge on any atom is 0.472 e. The van der Waals surface area contributed by atoms with Crippen LogP contribution in [0.4, 0.5) is 0 Å². The quantitative estimate of drug-likeness (QED) is 0.0215. The molecule has 0 fully saturated rings. The predicted molar refractivity (Wildman–Crippen MR) is 251 cm³/mol. The maximum absolute atomic E-state index is 12.7. The van der Waals surface area contributed by atoms with E-state index in [1.165, 1.54) is 83.5 Å². The number of ether oxygens (including phenoxy) is 2. The number of phosphoric acid groups is 1. The van der Waals surface area contributed by atoms with Crippen LogP contribution in [0.1, 0.15) is 168 Å². The molecular formula is C50H89NO7P+. The van der Waals surface area contributed by atoms with Crippen LogP contribution in [0.25, 0.3) is 0 Å². The Kier molecular flexibility index (Phi) is 40.7. The maximum atomic E-state index is 12.7. The molecule has 0 aromatic rings. The van der Waals surface area contributed by atoms with Crippen LogP contribution in [0.2, 0.25) is 0 Å². The van der Waals surface area contributed by atoms with Crippen molar-refractivity contribution in [2.24, 2.45) is 0 Å². The number of esters is 1. The van der Waals surface area contributed by atoms with Gasteiger partial charge in [0.05, 0.1) is 34.4 Å². The third kappa shape index (κ3) is 46.6. The lowest BCUT2D eigenvalue weighted by molar-refractivity contribution is -0.870. The molecule has 340 valence electrons. The molecule has 2 unspecified atom stereocenters. The van der Waals surface area contributed by atoms with Crippen LogP contribution in [0, 0.1) is 0 Å². The van der Waals surface area contributed by atoms with Crippen molar-refractivity contribution in [1.82, 2.24) is 0 Å². The average molecular weight is 847 g/mol. The summed E-state index contributed by atoms with van der Waals surface area (Å²) in [6.07, 6.45) is 56.3. The van der Waals surface area contributed by atoms with Crippen molar-refractivity contribution >= 4 is 13.8 Å². The van der Waals surface area contributed by atoms with Gasteiger partial charge in [-0.2, -0.15) is 0 Å². The molecule has 0 aromatic carbocycles. The lowest BCUT2D eigenvalue weighted by Gasteiger charge is -2.24. The highest BCUT2D eigenvalue weighted by Crippen LogP contribution is 2.43. The average Bonchev–Trinajstić information content (AvgIpc) is 3.19. The number of rotatable bonds is 42. The topological polar surface area (TPSA) is 91.3 Å². The highest BCUT2D eigenvalue weighted by molar-refractivity contribution is 7.47. The predicted octanol–water partition coefficient (Wildman–Crippen LogP) is 14.1. The van der Waals surface area contributed by atoms with Crippen LogP contribution < -0.4 is 0 Å². The van der Waals surface area contributed by atoms with E-state index < -0.39 is 13.9 Å². The van der Waals surface area contributed by atoms with Gasteiger partial charge in [0.1, 0.15) is 19.3 Å². The second kappa shape index (κ2) is 42.4. The van der Waals surface area contributed by atoms with Gasteiger partial charge in [0.25, 0.3) is 0 Å². The van der Waals surface area contributed by atoms with Gasteiger partial charge in [-0.05, 0) is 83.5 Å². The molecule has 0 aliphatic carbocycles. The molecular weight excluding hydrogens is 758 g/mol. The fraction of sp³-hybridized carbons (Fsp3) is 0.700. The van der Waals surface area contributed by atoms with Crippen molar-refractivity contribution in [2.75, 3.05) is 54.1 Å². The molecule has 2 atom stereocenters. The van der Waals surface area contributed by atoms with Gasteiger partial charge >= 0.3 is 13.8 Å². The summed E-state index contributed by atoms with van der Waals surface area (Å²) < 4.78 is 35.0. The molecule has 0 rings (SSSR count). The molecule has 0 spiro atoms. The van der Waals surface area contributed by atoms with Crippen LogP contribution in [-0.4, -0.2) is 75.6 Å². The third-order valence-electron chi connectivity index (χ3n) is 9.44. The Labute approximate surface area is 363 Å². The monoisotopic (exact) mass is 847 g/mol. The normalized spacial score (nSPS) is 14.5. The standard InChI is InChI=1S/C50H88NO7P/c1-6-8-10-12-14-16-18-20-22-24-25-26-28-30-32-34-36-38-40-42-45-55-47-49(48-57-59(53,54)56-46-44-51(3,4)5)58-50(52)43-41-39-37-35-33-31-29-27-23-21-19-17-15-13-11-9-7-2/h9,11,14-17,20-23,29,31,35,37,49H,6-8,10,12-13,18-19,24-28,30,32-34,36,38-48H2,1-5H3/p+1/b11-9-,16-14-,17-15-,22-20-,23-21-,31-29-,37-35-. The number of hydrogen-bond donors (Lipinski definition) is 1. The molecule has 0 radical (unpaired) electrons. The van der Waals surface area contributed by atoms with Crippen molar-refractivity contribution in [1.29, 1.82) is 0 Å². The first-order chi connectivity index (χ1) is 28.6. The third-order valence-corrected chi connectivity index (χ3v) is 10.4. The Hall–Kier alpha value is -2.32. The largest absolute Gasteiger partial charge is 0.472 e. The zero-order valence-electron chi connectivity index (χ0n) is 38.5. The van der Waals surface area contributed by atoms with Crippen molar-refractivity contribution in [3.05, 3.63) is 85.1 Å². The number of carbonyl (C=O) groups excluding carboxylic acids is 1. The van der Waals surface area contributed by atoms with E-state index in [-0.39, 0.29) is 32.2 Å². The fourth-order valence-corrected chi connectivity index (χ4v) is 6.59. The lowest BCUT2D eigenvalue weighted by Crippen LogP contribution is -2.37. The zero-order valence-corrected chi connectivity index (χ0v) is 39.4. The van der Waals surface area contributed by atoms with Crippen LogP contribution in [0.15, 0.2) is 85.1 Å². The molecule has 9 heteroatoms. The second-order valence-corrected chi connectivity index (χ2v) is 17.9. The summed E-state index contributed by atoms with van der Waals surface area (Å²) in [5.74, 6) is -0.374. The Morgan fingerprint density at radius 3 is 1.47 bits per heavy atom. The molecule has 0 aliphatic rings. The van der Waals surface area contributed by atoms with E-state index >= 15 is 0 Å². The van der Waals surface area contributed by atoms with E-state index in [9.17, 15) is 14.3 Å². The van der Waals surface area contributed by atoms with Crippen molar-refractivity contribution in [2.45, 2.75) is 174 Å². The highest BCUT2D eigenvalue weighted by atomic mass is 31.2. The van der Waals surface area contributed by atoms with Crippen LogP contribution in [-0.2, 0) is 27.9 Å². The second-order valence-electron chi connectivity index (χ2n) is 16.4. The Morgan fingerprint density at radius 1 is 0.542 bits per heavy atom. The van der Waals surface area contributed by atoms with Gasteiger partial charge in [-0.15, -0.1) is 0 Å². The molecule has 0 bridgehead atoms. The van der Waals surface area contributed by atoms with E-state index in [0.29, 0.717) is 24.1 Å². The van der Waals surface area contributed by atoms with Gasteiger partial charge in [-0.25, -0.2) is 4.57 Å². The number of phosphoric ester groups is 1. The number of likely N-dealkylation sites (N-methyl/N-ethyl adjacent to an activating group) is 1. The molecule has 0 aromatic heterocycles. The summed E-state index contributed by atoms with van der Waals surface area (Å²) in [6.45, 7) is 5.38. The SMILES string of the molecule is CC/C=C\C/C=C\C/C=C\C/C=C\C/C=C\CCCC(=O)OC(COCCCCCCCCCCCC/C=C\C/C=C\CCCCC)COP(=O)(O)OCC[N+](C)(C)C. The van der Waals surface area contributed by atoms with E-state index in [1.807, 2.05) is 21.1 Å². The number of unbranched alkanes of at least 4 members (excludes halogenated alkanes) is 14. The molecule has 59 heavy (non-hydrogen) atoms. The van der Waals surface area contributed by atoms with Crippen molar-refractivity contribution in [3.8, 4) is 0 Å². The molecule has 0 heterocycles. The van der Waals surface area contributed by atoms with Gasteiger partial charge in [0.15, 0.2) is 0 Å². The Bertz CT molecular complexity index is 1210. The van der Waals surface area contributed by atoms with Crippen LogP contribution in [0.3, 0.4) is 0 Å². The van der Waals surface area contributed by atoms with Crippen molar-refractivity contribution < 1.29 is 37.3 Å². The van der Waals surface area contributed by atoms with E-state index in [4.69, 9.17) is 18.5 Å². The zero-order chi connectivity index (χ0) is 43.4. The number of quaternary nitrogens is 1. The minimum absolute atomic E-state index is 0.0730. The Balaban J connectivity index is 4.30. The molecule has 0 saturated carbocycles.